The van der Waals surface area contributed by atoms with E-state index in [1.165, 1.54) is 154 Å². The predicted molar refractivity (Wildman–Crippen MR) is 429 cm³/mol. The van der Waals surface area contributed by atoms with Crippen molar-refractivity contribution in [3.05, 3.63) is 363 Å². The van der Waals surface area contributed by atoms with Crippen LogP contribution < -0.4 is 0 Å². The molecular weight excluding hydrogens is 1250 g/mol. The lowest BCUT2D eigenvalue weighted by Crippen LogP contribution is -1.94. The van der Waals surface area contributed by atoms with E-state index < -0.39 is 0 Å². The molecule has 1 aliphatic carbocycles. The van der Waals surface area contributed by atoms with Gasteiger partial charge in [0.25, 0.3) is 0 Å². The van der Waals surface area contributed by atoms with Crippen LogP contribution in [0.5, 0.6) is 0 Å². The molecule has 0 atom stereocenters. The van der Waals surface area contributed by atoms with Crippen LogP contribution in [0, 0.1) is 0 Å². The van der Waals surface area contributed by atoms with Gasteiger partial charge < -0.3 is 27.1 Å². The molecule has 6 heterocycles. The predicted octanol–water partition coefficient (Wildman–Crippen LogP) is 26.1. The van der Waals surface area contributed by atoms with Gasteiger partial charge in [-0.05, 0) is 214 Å². The normalized spacial score (nSPS) is 12.2. The van der Waals surface area contributed by atoms with E-state index in [0.717, 1.165) is 61.7 Å². The zero-order valence-corrected chi connectivity index (χ0v) is 55.8. The van der Waals surface area contributed by atoms with Gasteiger partial charge in [-0.25, -0.2) is 0 Å². The van der Waals surface area contributed by atoms with E-state index in [2.05, 4.69) is 370 Å². The molecule has 1 aliphatic rings. The highest BCUT2D eigenvalue weighted by Gasteiger charge is 2.24. The zero-order valence-electron chi connectivity index (χ0n) is 55.8. The monoisotopic (exact) mass is 1310 g/mol. The van der Waals surface area contributed by atoms with E-state index >= 15 is 0 Å². The van der Waals surface area contributed by atoms with Crippen LogP contribution in [0.3, 0.4) is 0 Å². The third-order valence-electron chi connectivity index (χ3n) is 21.8. The maximum absolute atomic E-state index is 6.42. The highest BCUT2D eigenvalue weighted by molar-refractivity contribution is 6.15. The molecule has 6 aromatic heterocycles. The second-order valence-corrected chi connectivity index (χ2v) is 27.5. The van der Waals surface area contributed by atoms with Crippen molar-refractivity contribution in [2.24, 2.45) is 0 Å². The Balaban J connectivity index is 0.000000134. The Bertz CT molecular complexity index is 7130. The van der Waals surface area contributed by atoms with Gasteiger partial charge in [0.1, 0.15) is 22.3 Å². The summed E-state index contributed by atoms with van der Waals surface area (Å²) in [5, 5.41) is 14.6. The molecule has 0 amide bonds. The third-order valence-corrected chi connectivity index (χ3v) is 21.8. The van der Waals surface area contributed by atoms with Crippen LogP contribution in [0.2, 0.25) is 0 Å². The molecule has 0 saturated heterocycles. The molecule has 22 aromatic rings. The fourth-order valence-corrected chi connectivity index (χ4v) is 17.1. The number of hydrogen-bond acceptors (Lipinski definition) is 2. The van der Waals surface area contributed by atoms with E-state index in [0.29, 0.717) is 0 Å². The summed E-state index contributed by atoms with van der Waals surface area (Å²) in [6.45, 7) is 0. The number of aromatic nitrogens is 4. The van der Waals surface area contributed by atoms with Gasteiger partial charge in [0.2, 0.25) is 0 Å². The molecule has 0 radical (unpaired) electrons. The van der Waals surface area contributed by atoms with Gasteiger partial charge in [0.05, 0.1) is 44.1 Å². The molecule has 103 heavy (non-hydrogen) atoms. The summed E-state index contributed by atoms with van der Waals surface area (Å²) in [6, 6.07) is 128. The summed E-state index contributed by atoms with van der Waals surface area (Å²) < 4.78 is 22.3. The van der Waals surface area contributed by atoms with E-state index in [9.17, 15) is 0 Å². The van der Waals surface area contributed by atoms with Crippen LogP contribution in [-0.2, 0) is 6.42 Å². The Hall–Kier alpha value is -13.7. The van der Waals surface area contributed by atoms with Crippen molar-refractivity contribution >= 4 is 131 Å². The fraction of sp³-hybridized carbons (Fsp3) is 0.0103. The van der Waals surface area contributed by atoms with Gasteiger partial charge in [0.15, 0.2) is 0 Å². The number of nitrogens with zero attached hydrogens (tertiary/aromatic N) is 4. The van der Waals surface area contributed by atoms with Crippen LogP contribution in [0.15, 0.2) is 361 Å². The van der Waals surface area contributed by atoms with Crippen LogP contribution in [-0.4, -0.2) is 18.3 Å². The molecule has 6 nitrogen and oxygen atoms in total. The molecule has 0 spiro atoms. The average molecular weight is 1310 g/mol. The highest BCUT2D eigenvalue weighted by atomic mass is 16.3. The Morgan fingerprint density at radius 2 is 0.466 bits per heavy atom. The minimum Gasteiger partial charge on any atom is -0.456 e. The lowest BCUT2D eigenvalue weighted by Gasteiger charge is -2.11. The number of fused-ring (bicyclic) bond motifs is 21. The number of para-hydroxylation sites is 8. The standard InChI is InChI=1S/C55H34N2O.C42H26N2O/c1-5-16-50-42(12-1)43-13-2-6-17-51(43)56(50)40-24-22-39-29-38-21-20-36(30-46(38)47(39)32-40)34-10-9-11-35(28-34)37-23-26-54-48(31-37)49-33-41(25-27-55(49)58-54)57-52-18-7-3-14-44(52)45-15-4-8-19-53(45)57;1-2-10-29(11-3-1)43-39-17-9-6-14-33(39)34-24-27(18-21-40(34)43)28-19-22-41-35(25-28)36-26-30(20-23-42(36)45-41)44-37-15-7-4-12-31(37)32-13-5-8-16-38(32)44/h1-28,30-33H,29H2;1-26H. The summed E-state index contributed by atoms with van der Waals surface area (Å²) in [5.41, 5.74) is 30.4. The fourth-order valence-electron chi connectivity index (χ4n) is 17.1. The molecule has 0 N–H and O–H groups in total. The summed E-state index contributed by atoms with van der Waals surface area (Å²) in [4.78, 5) is 0. The SMILES string of the molecule is c1cc(-c2ccc3c(c2)-c2cc(-n4c5ccccc5c5ccccc54)ccc2C3)cc(-c2ccc3oc4ccc(-n5c6ccccc6c6ccccc65)cc4c3c2)c1.c1ccc(-n2c3ccccc3c3cc(-c4ccc5oc6ccc(-n7c8ccccc8c8ccccc87)cc6c5c4)ccc32)cc1. The minimum atomic E-state index is 0.894. The summed E-state index contributed by atoms with van der Waals surface area (Å²) >= 11 is 0. The molecular formula is C97H60N4O2. The number of benzene rings is 16. The molecule has 23 rings (SSSR count). The van der Waals surface area contributed by atoms with E-state index in [-0.39, 0.29) is 0 Å². The molecule has 6 heteroatoms. The van der Waals surface area contributed by atoms with Crippen LogP contribution >= 0.6 is 0 Å². The van der Waals surface area contributed by atoms with E-state index in [1.54, 1.807) is 0 Å². The van der Waals surface area contributed by atoms with Crippen molar-refractivity contribution in [3.8, 4) is 67.3 Å². The largest absolute Gasteiger partial charge is 0.456 e. The van der Waals surface area contributed by atoms with Gasteiger partial charge in [-0.2, -0.15) is 0 Å². The maximum atomic E-state index is 6.42. The van der Waals surface area contributed by atoms with Gasteiger partial charge in [-0.1, -0.05) is 200 Å². The molecule has 0 unspecified atom stereocenters. The van der Waals surface area contributed by atoms with Crippen molar-refractivity contribution < 1.29 is 8.83 Å². The Morgan fingerprint density at radius 1 is 0.175 bits per heavy atom. The van der Waals surface area contributed by atoms with Crippen LogP contribution in [0.1, 0.15) is 11.1 Å². The minimum absolute atomic E-state index is 0.894. The molecule has 0 bridgehead atoms. The second kappa shape index (κ2) is 22.4. The summed E-state index contributed by atoms with van der Waals surface area (Å²) in [7, 11) is 0. The van der Waals surface area contributed by atoms with Gasteiger partial charge in [-0.15, -0.1) is 0 Å². The summed E-state index contributed by atoms with van der Waals surface area (Å²) in [5.74, 6) is 0. The van der Waals surface area contributed by atoms with Gasteiger partial charge in [-0.3, -0.25) is 0 Å². The van der Waals surface area contributed by atoms with Crippen molar-refractivity contribution in [3.63, 3.8) is 0 Å². The van der Waals surface area contributed by atoms with Crippen LogP contribution in [0.25, 0.3) is 198 Å². The zero-order chi connectivity index (χ0) is 67.4. The van der Waals surface area contributed by atoms with Crippen LogP contribution in [0.4, 0.5) is 0 Å². The third kappa shape index (κ3) is 8.87. The van der Waals surface area contributed by atoms with Crippen molar-refractivity contribution in [2.45, 2.75) is 6.42 Å². The van der Waals surface area contributed by atoms with Gasteiger partial charge in [0, 0.05) is 87.4 Å². The lowest BCUT2D eigenvalue weighted by molar-refractivity contribution is 0.668. The first kappa shape index (κ1) is 57.2. The molecule has 0 fully saturated rings. The number of furan rings is 2. The first-order valence-electron chi connectivity index (χ1n) is 35.4. The molecule has 0 aliphatic heterocycles. The molecule has 480 valence electrons. The Morgan fingerprint density at radius 3 is 0.913 bits per heavy atom. The number of hydrogen-bond donors (Lipinski definition) is 0. The van der Waals surface area contributed by atoms with E-state index in [4.69, 9.17) is 8.83 Å². The second-order valence-electron chi connectivity index (χ2n) is 27.5. The molecule has 16 aromatic carbocycles. The Kier molecular flexibility index (Phi) is 12.5. The first-order valence-corrected chi connectivity index (χ1v) is 35.4. The summed E-state index contributed by atoms with van der Waals surface area (Å²) in [6.07, 6.45) is 0.954. The van der Waals surface area contributed by atoms with Gasteiger partial charge >= 0.3 is 0 Å². The molecule has 0 saturated carbocycles. The topological polar surface area (TPSA) is 46.0 Å². The Labute approximate surface area is 591 Å². The number of rotatable bonds is 7. The van der Waals surface area contributed by atoms with Crippen molar-refractivity contribution in [1.29, 1.82) is 0 Å². The lowest BCUT2D eigenvalue weighted by atomic mass is 9.95. The highest BCUT2D eigenvalue weighted by Crippen LogP contribution is 2.45. The van der Waals surface area contributed by atoms with Crippen molar-refractivity contribution in [2.75, 3.05) is 0 Å². The maximum Gasteiger partial charge on any atom is 0.135 e. The van der Waals surface area contributed by atoms with E-state index in [1.807, 2.05) is 0 Å². The average Bonchev–Trinajstić information content (AvgIpc) is 1.61. The smallest absolute Gasteiger partial charge is 0.135 e. The quantitative estimate of drug-likeness (QED) is 0.160. The first-order chi connectivity index (χ1) is 51.0. The van der Waals surface area contributed by atoms with Crippen molar-refractivity contribution in [1.82, 2.24) is 18.3 Å².